The largest absolute Gasteiger partial charge is 0.497 e. The molecule has 0 radical (unpaired) electrons. The van der Waals surface area contributed by atoms with E-state index in [2.05, 4.69) is 10.6 Å². The third-order valence-corrected chi connectivity index (χ3v) is 6.02. The Morgan fingerprint density at radius 2 is 1.77 bits per heavy atom. The molecule has 1 fully saturated rings. The van der Waals surface area contributed by atoms with Gasteiger partial charge in [0.2, 0.25) is 10.0 Å². The van der Waals surface area contributed by atoms with E-state index in [1.54, 1.807) is 12.1 Å². The number of nitrogens with one attached hydrogen (secondary N) is 2. The van der Waals surface area contributed by atoms with Gasteiger partial charge in [0.1, 0.15) is 5.75 Å². The number of rotatable bonds is 6. The monoisotopic (exact) mass is 375 g/mol. The van der Waals surface area contributed by atoms with Crippen LogP contribution in [0, 0.1) is 0 Å². The second-order valence-corrected chi connectivity index (χ2v) is 7.95. The molecular weight excluding hydrogens is 354 g/mol. The zero-order valence-corrected chi connectivity index (χ0v) is 15.2. The van der Waals surface area contributed by atoms with Crippen molar-refractivity contribution < 1.29 is 17.9 Å². The Bertz CT molecular complexity index is 848. The van der Waals surface area contributed by atoms with Crippen LogP contribution in [0.15, 0.2) is 59.5 Å². The van der Waals surface area contributed by atoms with E-state index >= 15 is 0 Å². The van der Waals surface area contributed by atoms with Crippen molar-refractivity contribution in [2.45, 2.75) is 17.5 Å². The number of benzene rings is 2. The molecule has 1 heterocycles. The molecule has 1 saturated heterocycles. The van der Waals surface area contributed by atoms with Gasteiger partial charge in [-0.25, -0.2) is 13.2 Å². The predicted molar refractivity (Wildman–Crippen MR) is 97.4 cm³/mol. The van der Waals surface area contributed by atoms with Gasteiger partial charge >= 0.3 is 6.03 Å². The molecule has 0 aliphatic carbocycles. The minimum Gasteiger partial charge on any atom is -0.497 e. The summed E-state index contributed by atoms with van der Waals surface area (Å²) in [6.07, 6.45) is 0. The Morgan fingerprint density at radius 3 is 2.38 bits per heavy atom. The van der Waals surface area contributed by atoms with E-state index in [9.17, 15) is 13.2 Å². The average molecular weight is 375 g/mol. The summed E-state index contributed by atoms with van der Waals surface area (Å²) in [5.41, 5.74) is 1.000. The van der Waals surface area contributed by atoms with Crippen molar-refractivity contribution in [2.75, 3.05) is 20.2 Å². The summed E-state index contributed by atoms with van der Waals surface area (Å²) in [6, 6.07) is 15.3. The number of nitrogens with zero attached hydrogens (tertiary/aromatic N) is 1. The summed E-state index contributed by atoms with van der Waals surface area (Å²) in [6.45, 7) is 0.938. The second kappa shape index (κ2) is 7.76. The number of ether oxygens (including phenoxy) is 1. The third-order valence-electron chi connectivity index (χ3n) is 4.18. The van der Waals surface area contributed by atoms with Gasteiger partial charge in [-0.3, -0.25) is 0 Å². The van der Waals surface area contributed by atoms with Crippen LogP contribution in [0.1, 0.15) is 5.56 Å². The first-order valence-corrected chi connectivity index (χ1v) is 9.65. The molecule has 7 nitrogen and oxygen atoms in total. The van der Waals surface area contributed by atoms with Crippen molar-refractivity contribution in [3.05, 3.63) is 60.2 Å². The van der Waals surface area contributed by atoms with Gasteiger partial charge in [-0.05, 0) is 29.8 Å². The van der Waals surface area contributed by atoms with Gasteiger partial charge < -0.3 is 15.4 Å². The molecule has 3 rings (SSSR count). The molecule has 2 N–H and O–H groups in total. The Labute approximate surface area is 153 Å². The quantitative estimate of drug-likeness (QED) is 0.802. The van der Waals surface area contributed by atoms with Crippen molar-refractivity contribution in [1.29, 1.82) is 0 Å². The highest BCUT2D eigenvalue weighted by atomic mass is 32.2. The van der Waals surface area contributed by atoms with Gasteiger partial charge in [-0.15, -0.1) is 0 Å². The number of methoxy groups -OCH3 is 1. The molecule has 0 unspecified atom stereocenters. The van der Waals surface area contributed by atoms with Crippen LogP contribution in [-0.2, 0) is 16.6 Å². The molecule has 2 aromatic rings. The summed E-state index contributed by atoms with van der Waals surface area (Å²) in [5.74, 6) is 0.599. The fourth-order valence-electron chi connectivity index (χ4n) is 2.64. The van der Waals surface area contributed by atoms with Gasteiger partial charge in [0.25, 0.3) is 0 Å². The predicted octanol–water partition coefficient (Wildman–Crippen LogP) is 1.57. The van der Waals surface area contributed by atoms with E-state index in [1.165, 1.54) is 23.5 Å². The lowest BCUT2D eigenvalue weighted by molar-refractivity contribution is 0.204. The van der Waals surface area contributed by atoms with Crippen molar-refractivity contribution in [3.63, 3.8) is 0 Å². The summed E-state index contributed by atoms with van der Waals surface area (Å²) in [5, 5.41) is 5.55. The molecule has 1 aliphatic rings. The summed E-state index contributed by atoms with van der Waals surface area (Å²) < 4.78 is 31.4. The minimum absolute atomic E-state index is 0.196. The number of amides is 2. The normalized spacial score (nSPS) is 15.1. The van der Waals surface area contributed by atoms with Gasteiger partial charge in [0.05, 0.1) is 18.0 Å². The van der Waals surface area contributed by atoms with E-state index in [0.717, 1.165) is 5.56 Å². The van der Waals surface area contributed by atoms with Crippen LogP contribution in [0.25, 0.3) is 0 Å². The smallest absolute Gasteiger partial charge is 0.315 e. The molecule has 0 aromatic heterocycles. The zero-order valence-electron chi connectivity index (χ0n) is 14.4. The first-order chi connectivity index (χ1) is 12.5. The van der Waals surface area contributed by atoms with Crippen LogP contribution < -0.4 is 15.4 Å². The molecular formula is C18H21N3O4S. The molecule has 2 amide bonds. The second-order valence-electron chi connectivity index (χ2n) is 6.01. The van der Waals surface area contributed by atoms with Crippen LogP contribution in [-0.4, -0.2) is 45.0 Å². The lowest BCUT2D eigenvalue weighted by Crippen LogP contribution is -2.61. The fraction of sp³-hybridized carbons (Fsp3) is 0.278. The van der Waals surface area contributed by atoms with Crippen LogP contribution >= 0.6 is 0 Å². The molecule has 26 heavy (non-hydrogen) atoms. The fourth-order valence-corrected chi connectivity index (χ4v) is 4.17. The first-order valence-electron chi connectivity index (χ1n) is 8.21. The number of hydrogen-bond donors (Lipinski definition) is 2. The Hall–Kier alpha value is -2.58. The maximum atomic E-state index is 12.5. The van der Waals surface area contributed by atoms with E-state index in [-0.39, 0.29) is 30.1 Å². The lowest BCUT2D eigenvalue weighted by atomic mass is 10.2. The Morgan fingerprint density at radius 1 is 1.12 bits per heavy atom. The maximum absolute atomic E-state index is 12.5. The number of sulfonamides is 1. The number of carbonyl (C=O) groups excluding carboxylic acids is 1. The molecule has 2 aromatic carbocycles. The summed E-state index contributed by atoms with van der Waals surface area (Å²) in [4.78, 5) is 12.1. The van der Waals surface area contributed by atoms with Crippen molar-refractivity contribution in [1.82, 2.24) is 14.9 Å². The van der Waals surface area contributed by atoms with E-state index in [4.69, 9.17) is 4.74 Å². The Balaban J connectivity index is 1.47. The zero-order chi connectivity index (χ0) is 18.6. The SMILES string of the molecule is COc1ccc(S(=O)(=O)N2CC(NC(=O)NCc3ccccc3)C2)cc1. The van der Waals surface area contributed by atoms with Crippen LogP contribution in [0.4, 0.5) is 4.79 Å². The highest BCUT2D eigenvalue weighted by Crippen LogP contribution is 2.23. The third kappa shape index (κ3) is 4.14. The number of carbonyl (C=O) groups is 1. The van der Waals surface area contributed by atoms with Crippen LogP contribution in [0.5, 0.6) is 5.75 Å². The molecule has 0 bridgehead atoms. The molecule has 1 aliphatic heterocycles. The van der Waals surface area contributed by atoms with E-state index in [0.29, 0.717) is 12.3 Å². The Kier molecular flexibility index (Phi) is 5.43. The molecule has 0 atom stereocenters. The molecule has 8 heteroatoms. The van der Waals surface area contributed by atoms with E-state index in [1.807, 2.05) is 30.3 Å². The number of hydrogen-bond acceptors (Lipinski definition) is 4. The molecule has 0 saturated carbocycles. The molecule has 0 spiro atoms. The minimum atomic E-state index is -3.55. The van der Waals surface area contributed by atoms with Gasteiger partial charge in [-0.2, -0.15) is 4.31 Å². The van der Waals surface area contributed by atoms with E-state index < -0.39 is 10.0 Å². The lowest BCUT2D eigenvalue weighted by Gasteiger charge is -2.38. The topological polar surface area (TPSA) is 87.7 Å². The highest BCUT2D eigenvalue weighted by Gasteiger charge is 2.37. The standard InChI is InChI=1S/C18H21N3O4S/c1-25-16-7-9-17(10-8-16)26(23,24)21-12-15(13-21)20-18(22)19-11-14-5-3-2-4-6-14/h2-10,15H,11-13H2,1H3,(H2,19,20,22). The highest BCUT2D eigenvalue weighted by molar-refractivity contribution is 7.89. The molecule has 138 valence electrons. The summed E-state index contributed by atoms with van der Waals surface area (Å²) >= 11 is 0. The van der Waals surface area contributed by atoms with Crippen molar-refractivity contribution in [3.8, 4) is 5.75 Å². The van der Waals surface area contributed by atoms with Crippen molar-refractivity contribution in [2.24, 2.45) is 0 Å². The average Bonchev–Trinajstić information content (AvgIpc) is 2.63. The van der Waals surface area contributed by atoms with Gasteiger partial charge in [0, 0.05) is 19.6 Å². The van der Waals surface area contributed by atoms with Crippen molar-refractivity contribution >= 4 is 16.1 Å². The van der Waals surface area contributed by atoms with Gasteiger partial charge in [-0.1, -0.05) is 30.3 Å². The number of urea groups is 1. The van der Waals surface area contributed by atoms with Gasteiger partial charge in [0.15, 0.2) is 0 Å². The first kappa shape index (κ1) is 18.2. The maximum Gasteiger partial charge on any atom is 0.315 e. The van der Waals surface area contributed by atoms with Crippen LogP contribution in [0.3, 0.4) is 0 Å². The summed E-state index contributed by atoms with van der Waals surface area (Å²) in [7, 11) is -2.02. The van der Waals surface area contributed by atoms with Crippen LogP contribution in [0.2, 0.25) is 0 Å².